The fourth-order valence-electron chi connectivity index (χ4n) is 4.93. The Kier molecular flexibility index (Phi) is 6.13. The predicted octanol–water partition coefficient (Wildman–Crippen LogP) is 5.07. The summed E-state index contributed by atoms with van der Waals surface area (Å²) in [6, 6.07) is 10.5. The summed E-state index contributed by atoms with van der Waals surface area (Å²) in [4.78, 5) is 19.3. The number of carbonyl (C=O) groups excluding carboxylic acids is 1. The zero-order valence-electron chi connectivity index (χ0n) is 17.1. The van der Waals surface area contributed by atoms with Crippen LogP contribution in [-0.4, -0.2) is 33.4 Å². The van der Waals surface area contributed by atoms with Crippen LogP contribution in [0.2, 0.25) is 0 Å². The van der Waals surface area contributed by atoms with Gasteiger partial charge in [0.2, 0.25) is 5.91 Å². The van der Waals surface area contributed by atoms with E-state index in [4.69, 9.17) is 0 Å². The minimum absolute atomic E-state index is 0.405. The van der Waals surface area contributed by atoms with Gasteiger partial charge in [0.25, 0.3) is 0 Å². The summed E-state index contributed by atoms with van der Waals surface area (Å²) >= 11 is 0. The van der Waals surface area contributed by atoms with Gasteiger partial charge in [0.1, 0.15) is 5.82 Å². The molecule has 0 unspecified atom stereocenters. The van der Waals surface area contributed by atoms with Crippen molar-refractivity contribution in [3.8, 4) is 11.4 Å². The molecule has 1 aromatic heterocycles. The van der Waals surface area contributed by atoms with Crippen LogP contribution >= 0.6 is 0 Å². The first-order chi connectivity index (χ1) is 13.7. The first kappa shape index (κ1) is 19.2. The predicted molar refractivity (Wildman–Crippen MR) is 113 cm³/mol. The summed E-state index contributed by atoms with van der Waals surface area (Å²) in [5.41, 5.74) is 2.41. The quantitative estimate of drug-likeness (QED) is 0.703. The van der Waals surface area contributed by atoms with E-state index in [1.165, 1.54) is 43.4 Å². The van der Waals surface area contributed by atoms with Gasteiger partial charge < -0.3 is 9.47 Å². The van der Waals surface area contributed by atoms with E-state index in [1.54, 1.807) is 0 Å². The number of hydrogen-bond acceptors (Lipinski definition) is 2. The van der Waals surface area contributed by atoms with Crippen LogP contribution in [0.5, 0.6) is 0 Å². The van der Waals surface area contributed by atoms with Gasteiger partial charge in [0.05, 0.1) is 0 Å². The van der Waals surface area contributed by atoms with Crippen molar-refractivity contribution in [2.75, 3.05) is 13.1 Å². The van der Waals surface area contributed by atoms with Crippen LogP contribution < -0.4 is 0 Å². The van der Waals surface area contributed by atoms with E-state index < -0.39 is 0 Å². The van der Waals surface area contributed by atoms with Crippen LogP contribution in [0.1, 0.15) is 57.1 Å². The zero-order chi connectivity index (χ0) is 19.3. The summed E-state index contributed by atoms with van der Waals surface area (Å²) in [5.74, 6) is 2.84. The highest BCUT2D eigenvalue weighted by Crippen LogP contribution is 2.29. The van der Waals surface area contributed by atoms with Crippen molar-refractivity contribution >= 4 is 5.91 Å². The van der Waals surface area contributed by atoms with Crippen molar-refractivity contribution in [3.05, 3.63) is 42.2 Å². The maximum Gasteiger partial charge on any atom is 0.222 e. The van der Waals surface area contributed by atoms with Crippen LogP contribution in [0.3, 0.4) is 0 Å². The number of aryl methyl sites for hydroxylation is 1. The van der Waals surface area contributed by atoms with Gasteiger partial charge in [-0.3, -0.25) is 4.79 Å². The summed E-state index contributed by atoms with van der Waals surface area (Å²) in [7, 11) is 0. The van der Waals surface area contributed by atoms with E-state index in [2.05, 4.69) is 45.6 Å². The van der Waals surface area contributed by atoms with E-state index in [0.29, 0.717) is 17.7 Å². The zero-order valence-corrected chi connectivity index (χ0v) is 17.1. The molecule has 0 spiro atoms. The Hall–Kier alpha value is -2.10. The second-order valence-electron chi connectivity index (χ2n) is 8.71. The highest BCUT2D eigenvalue weighted by Gasteiger charge is 2.26. The first-order valence-electron chi connectivity index (χ1n) is 11.1. The normalized spacial score (nSPS) is 18.7. The van der Waals surface area contributed by atoms with Crippen LogP contribution in [0.15, 0.2) is 36.5 Å². The highest BCUT2D eigenvalue weighted by molar-refractivity contribution is 5.76. The minimum Gasteiger partial charge on any atom is -0.343 e. The number of rotatable bonds is 6. The fourth-order valence-corrected chi connectivity index (χ4v) is 4.93. The molecule has 4 heteroatoms. The Morgan fingerprint density at radius 1 is 1.04 bits per heavy atom. The molecule has 0 N–H and O–H groups in total. The molecule has 2 aromatic rings. The fraction of sp³-hybridized carbons (Fsp3) is 0.583. The number of aromatic nitrogens is 2. The average molecular weight is 380 g/mol. The molecular weight excluding hydrogens is 346 g/mol. The molecule has 1 saturated heterocycles. The number of piperidine rings is 1. The Morgan fingerprint density at radius 2 is 1.75 bits per heavy atom. The van der Waals surface area contributed by atoms with Crippen LogP contribution in [-0.2, 0) is 11.3 Å². The second-order valence-corrected chi connectivity index (χ2v) is 8.71. The van der Waals surface area contributed by atoms with Gasteiger partial charge in [0, 0.05) is 43.5 Å². The van der Waals surface area contributed by atoms with E-state index >= 15 is 0 Å². The molecule has 4 nitrogen and oxygen atoms in total. The van der Waals surface area contributed by atoms with Crippen molar-refractivity contribution in [2.24, 2.45) is 11.8 Å². The van der Waals surface area contributed by atoms with Crippen molar-refractivity contribution in [1.82, 2.24) is 14.5 Å². The molecule has 2 aliphatic rings. The molecule has 2 heterocycles. The smallest absolute Gasteiger partial charge is 0.222 e. The molecule has 1 amide bonds. The molecule has 1 aliphatic heterocycles. The van der Waals surface area contributed by atoms with E-state index in [0.717, 1.165) is 44.7 Å². The number of carbonyl (C=O) groups is 1. The van der Waals surface area contributed by atoms with Crippen LogP contribution in [0.4, 0.5) is 0 Å². The summed E-state index contributed by atoms with van der Waals surface area (Å²) in [6.45, 7) is 5.05. The average Bonchev–Trinajstić information content (AvgIpc) is 3.37. The molecule has 0 bridgehead atoms. The lowest BCUT2D eigenvalue weighted by molar-refractivity contribution is -0.133. The summed E-state index contributed by atoms with van der Waals surface area (Å²) < 4.78 is 2.35. The van der Waals surface area contributed by atoms with Crippen molar-refractivity contribution in [2.45, 2.75) is 64.8 Å². The molecule has 0 atom stereocenters. The molecule has 1 aromatic carbocycles. The monoisotopic (exact) mass is 379 g/mol. The van der Waals surface area contributed by atoms with Crippen LogP contribution in [0, 0.1) is 18.8 Å². The topological polar surface area (TPSA) is 38.1 Å². The number of imidazole rings is 1. The molecule has 0 radical (unpaired) electrons. The minimum atomic E-state index is 0.405. The molecule has 1 aliphatic carbocycles. The van der Waals surface area contributed by atoms with E-state index in [1.807, 2.05) is 12.3 Å². The molecular formula is C24H33N3O. The third-order valence-corrected chi connectivity index (χ3v) is 6.75. The van der Waals surface area contributed by atoms with Gasteiger partial charge in [-0.2, -0.15) is 0 Å². The third-order valence-electron chi connectivity index (χ3n) is 6.75. The molecule has 1 saturated carbocycles. The lowest BCUT2D eigenvalue weighted by Gasteiger charge is -2.33. The third kappa shape index (κ3) is 4.48. The summed E-state index contributed by atoms with van der Waals surface area (Å²) in [5, 5.41) is 0. The molecule has 28 heavy (non-hydrogen) atoms. The molecule has 150 valence electrons. The van der Waals surface area contributed by atoms with Crippen molar-refractivity contribution in [1.29, 1.82) is 0 Å². The standard InChI is InChI=1S/C24H33N3O/c1-19-18-25-24(22-9-3-2-4-10-22)27(19)16-13-20-11-14-26(15-12-20)23(28)17-21-7-5-6-8-21/h2-4,9-10,18,20-21H,5-8,11-17H2,1H3. The number of amides is 1. The lowest BCUT2D eigenvalue weighted by Crippen LogP contribution is -2.39. The number of benzene rings is 1. The maximum absolute atomic E-state index is 12.6. The Morgan fingerprint density at radius 3 is 2.46 bits per heavy atom. The number of likely N-dealkylation sites (tertiary alicyclic amines) is 1. The van der Waals surface area contributed by atoms with E-state index in [9.17, 15) is 4.79 Å². The van der Waals surface area contributed by atoms with Gasteiger partial charge in [-0.05, 0) is 50.9 Å². The Balaban J connectivity index is 1.28. The SMILES string of the molecule is Cc1cnc(-c2ccccc2)n1CCC1CCN(C(=O)CC2CCCC2)CC1. The largest absolute Gasteiger partial charge is 0.343 e. The van der Waals surface area contributed by atoms with Crippen molar-refractivity contribution < 1.29 is 4.79 Å². The Bertz CT molecular complexity index is 768. The van der Waals surface area contributed by atoms with Gasteiger partial charge in [0.15, 0.2) is 0 Å². The molecule has 4 rings (SSSR count). The number of hydrogen-bond donors (Lipinski definition) is 0. The van der Waals surface area contributed by atoms with Crippen LogP contribution in [0.25, 0.3) is 11.4 Å². The van der Waals surface area contributed by atoms with E-state index in [-0.39, 0.29) is 0 Å². The highest BCUT2D eigenvalue weighted by atomic mass is 16.2. The first-order valence-corrected chi connectivity index (χ1v) is 11.1. The van der Waals surface area contributed by atoms with Gasteiger partial charge in [-0.25, -0.2) is 4.98 Å². The van der Waals surface area contributed by atoms with Crippen molar-refractivity contribution in [3.63, 3.8) is 0 Å². The summed E-state index contributed by atoms with van der Waals surface area (Å²) in [6.07, 6.45) is 11.4. The Labute approximate surface area is 169 Å². The second kappa shape index (κ2) is 8.93. The van der Waals surface area contributed by atoms with Gasteiger partial charge >= 0.3 is 0 Å². The maximum atomic E-state index is 12.6. The van der Waals surface area contributed by atoms with Gasteiger partial charge in [-0.15, -0.1) is 0 Å². The lowest BCUT2D eigenvalue weighted by atomic mass is 9.92. The molecule has 2 fully saturated rings. The van der Waals surface area contributed by atoms with Gasteiger partial charge in [-0.1, -0.05) is 43.2 Å². The number of nitrogens with zero attached hydrogens (tertiary/aromatic N) is 3.